The van der Waals surface area contributed by atoms with Crippen LogP contribution in [0.3, 0.4) is 0 Å². The Morgan fingerprint density at radius 3 is 3.00 bits per heavy atom. The molecule has 90 valence electrons. The van der Waals surface area contributed by atoms with Crippen molar-refractivity contribution in [3.8, 4) is 0 Å². The average Bonchev–Trinajstić information content (AvgIpc) is 2.60. The van der Waals surface area contributed by atoms with Crippen molar-refractivity contribution in [2.45, 2.75) is 13.5 Å². The lowest BCUT2D eigenvalue weighted by molar-refractivity contribution is 0.148. The van der Waals surface area contributed by atoms with Gasteiger partial charge in [0.2, 0.25) is 0 Å². The standard InChI is InChI=1S/C13H16N2OS/c1-10(2)9-16-8-7-15-12-6-4-3-5-11(12)14-13(15)17/h3-6H,1,7-9H2,2H3,(H,14,17). The van der Waals surface area contributed by atoms with Crippen molar-refractivity contribution < 1.29 is 4.74 Å². The number of nitrogens with zero attached hydrogens (tertiary/aromatic N) is 1. The summed E-state index contributed by atoms with van der Waals surface area (Å²) in [4.78, 5) is 3.18. The second kappa shape index (κ2) is 5.29. The maximum atomic E-state index is 5.49. The van der Waals surface area contributed by atoms with Crippen LogP contribution in [-0.4, -0.2) is 22.8 Å². The first-order valence-corrected chi connectivity index (χ1v) is 5.99. The van der Waals surface area contributed by atoms with Gasteiger partial charge in [0.15, 0.2) is 4.77 Å². The van der Waals surface area contributed by atoms with E-state index in [-0.39, 0.29) is 0 Å². The van der Waals surface area contributed by atoms with E-state index in [4.69, 9.17) is 17.0 Å². The van der Waals surface area contributed by atoms with E-state index in [0.29, 0.717) is 13.2 Å². The summed E-state index contributed by atoms with van der Waals surface area (Å²) in [5.41, 5.74) is 3.22. The van der Waals surface area contributed by atoms with Crippen LogP contribution in [0.25, 0.3) is 11.0 Å². The molecule has 4 heteroatoms. The van der Waals surface area contributed by atoms with Gasteiger partial charge in [-0.15, -0.1) is 0 Å². The maximum Gasteiger partial charge on any atom is 0.178 e. The normalized spacial score (nSPS) is 10.9. The summed E-state index contributed by atoms with van der Waals surface area (Å²) in [7, 11) is 0. The summed E-state index contributed by atoms with van der Waals surface area (Å²) in [6.45, 7) is 7.76. The molecule has 0 bridgehead atoms. The van der Waals surface area contributed by atoms with Gasteiger partial charge in [0.05, 0.1) is 24.2 Å². The Morgan fingerprint density at radius 1 is 1.47 bits per heavy atom. The number of hydrogen-bond donors (Lipinski definition) is 1. The number of hydrogen-bond acceptors (Lipinski definition) is 2. The van der Waals surface area contributed by atoms with Gasteiger partial charge in [0, 0.05) is 6.54 Å². The fourth-order valence-corrected chi connectivity index (χ4v) is 2.03. The summed E-state index contributed by atoms with van der Waals surface area (Å²) in [5.74, 6) is 0. The number of imidazole rings is 1. The van der Waals surface area contributed by atoms with E-state index < -0.39 is 0 Å². The van der Waals surface area contributed by atoms with E-state index in [0.717, 1.165) is 27.9 Å². The van der Waals surface area contributed by atoms with Gasteiger partial charge in [-0.3, -0.25) is 0 Å². The van der Waals surface area contributed by atoms with Gasteiger partial charge in [-0.2, -0.15) is 0 Å². The number of ether oxygens (including phenoxy) is 1. The zero-order valence-corrected chi connectivity index (χ0v) is 10.7. The van der Waals surface area contributed by atoms with E-state index in [2.05, 4.69) is 22.2 Å². The molecule has 0 spiro atoms. The van der Waals surface area contributed by atoms with Gasteiger partial charge >= 0.3 is 0 Å². The number of aromatic nitrogens is 2. The minimum Gasteiger partial charge on any atom is -0.375 e. The highest BCUT2D eigenvalue weighted by Gasteiger charge is 2.02. The van der Waals surface area contributed by atoms with Crippen molar-refractivity contribution in [3.05, 3.63) is 41.2 Å². The molecule has 0 unspecified atom stereocenters. The first kappa shape index (κ1) is 12.1. The predicted octanol–water partition coefficient (Wildman–Crippen LogP) is 3.29. The lowest BCUT2D eigenvalue weighted by atomic mass is 10.3. The van der Waals surface area contributed by atoms with Crippen molar-refractivity contribution >= 4 is 23.3 Å². The SMILES string of the molecule is C=C(C)COCCn1c(=S)[nH]c2ccccc21. The third-order valence-electron chi connectivity index (χ3n) is 2.49. The molecule has 17 heavy (non-hydrogen) atoms. The Labute approximate surface area is 106 Å². The van der Waals surface area contributed by atoms with E-state index in [1.165, 1.54) is 0 Å². The van der Waals surface area contributed by atoms with Gasteiger partial charge in [-0.25, -0.2) is 0 Å². The monoisotopic (exact) mass is 248 g/mol. The molecule has 0 fully saturated rings. The minimum absolute atomic E-state index is 0.607. The van der Waals surface area contributed by atoms with E-state index in [1.54, 1.807) is 0 Å². The molecule has 0 radical (unpaired) electrons. The molecule has 3 nitrogen and oxygen atoms in total. The molecule has 0 atom stereocenters. The summed E-state index contributed by atoms with van der Waals surface area (Å²) in [6, 6.07) is 8.09. The molecule has 1 aromatic carbocycles. The van der Waals surface area contributed by atoms with Crippen LogP contribution in [0.15, 0.2) is 36.4 Å². The molecule has 0 amide bonds. The summed E-state index contributed by atoms with van der Waals surface area (Å²) in [6.07, 6.45) is 0. The van der Waals surface area contributed by atoms with Crippen LogP contribution in [0.4, 0.5) is 0 Å². The molecule has 2 rings (SSSR count). The van der Waals surface area contributed by atoms with Crippen molar-refractivity contribution in [2.75, 3.05) is 13.2 Å². The third-order valence-corrected chi connectivity index (χ3v) is 2.81. The Kier molecular flexibility index (Phi) is 3.76. The summed E-state index contributed by atoms with van der Waals surface area (Å²) in [5, 5.41) is 0. The number of para-hydroxylation sites is 2. The van der Waals surface area contributed by atoms with Crippen LogP contribution >= 0.6 is 12.2 Å². The molecule has 1 aromatic heterocycles. The van der Waals surface area contributed by atoms with Crippen LogP contribution in [0, 0.1) is 4.77 Å². The summed E-state index contributed by atoms with van der Waals surface area (Å²) < 4.78 is 8.29. The number of nitrogens with one attached hydrogen (secondary N) is 1. The van der Waals surface area contributed by atoms with E-state index in [1.807, 2.05) is 25.1 Å². The van der Waals surface area contributed by atoms with Crippen LogP contribution < -0.4 is 0 Å². The first-order chi connectivity index (χ1) is 8.18. The van der Waals surface area contributed by atoms with Crippen LogP contribution in [0.1, 0.15) is 6.92 Å². The molecule has 2 aromatic rings. The highest BCUT2D eigenvalue weighted by Crippen LogP contribution is 2.13. The van der Waals surface area contributed by atoms with Gasteiger partial charge in [-0.1, -0.05) is 24.3 Å². The zero-order chi connectivity index (χ0) is 12.3. The van der Waals surface area contributed by atoms with Crippen molar-refractivity contribution in [3.63, 3.8) is 0 Å². The lowest BCUT2D eigenvalue weighted by Crippen LogP contribution is -2.07. The Balaban J connectivity index is 2.10. The molecule has 1 N–H and O–H groups in total. The molecule has 0 saturated carbocycles. The van der Waals surface area contributed by atoms with Crippen molar-refractivity contribution in [2.24, 2.45) is 0 Å². The molecule has 0 aliphatic heterocycles. The van der Waals surface area contributed by atoms with E-state index in [9.17, 15) is 0 Å². The average molecular weight is 248 g/mol. The number of benzene rings is 1. The number of rotatable bonds is 5. The summed E-state index contributed by atoms with van der Waals surface area (Å²) >= 11 is 5.29. The maximum absolute atomic E-state index is 5.49. The van der Waals surface area contributed by atoms with E-state index >= 15 is 0 Å². The van der Waals surface area contributed by atoms with Crippen molar-refractivity contribution in [1.29, 1.82) is 0 Å². The first-order valence-electron chi connectivity index (χ1n) is 5.58. The third kappa shape index (κ3) is 2.84. The minimum atomic E-state index is 0.607. The number of H-pyrrole nitrogens is 1. The highest BCUT2D eigenvalue weighted by molar-refractivity contribution is 7.71. The van der Waals surface area contributed by atoms with Gasteiger partial charge in [0.1, 0.15) is 0 Å². The second-order valence-corrected chi connectivity index (χ2v) is 4.50. The predicted molar refractivity (Wildman–Crippen MR) is 72.8 cm³/mol. The highest BCUT2D eigenvalue weighted by atomic mass is 32.1. The zero-order valence-electron chi connectivity index (χ0n) is 9.90. The number of aromatic amines is 1. The second-order valence-electron chi connectivity index (χ2n) is 4.11. The Morgan fingerprint density at radius 2 is 2.24 bits per heavy atom. The lowest BCUT2D eigenvalue weighted by Gasteiger charge is -2.05. The van der Waals surface area contributed by atoms with Gasteiger partial charge < -0.3 is 14.3 Å². The number of fused-ring (bicyclic) bond motifs is 1. The van der Waals surface area contributed by atoms with Crippen LogP contribution in [0.5, 0.6) is 0 Å². The largest absolute Gasteiger partial charge is 0.375 e. The molecular weight excluding hydrogens is 232 g/mol. The molecular formula is C13H16N2OS. The fourth-order valence-electron chi connectivity index (χ4n) is 1.73. The molecule has 0 aliphatic carbocycles. The van der Waals surface area contributed by atoms with Crippen molar-refractivity contribution in [1.82, 2.24) is 9.55 Å². The smallest absolute Gasteiger partial charge is 0.178 e. The fraction of sp³-hybridized carbons (Fsp3) is 0.308. The quantitative estimate of drug-likeness (QED) is 0.500. The van der Waals surface area contributed by atoms with Gasteiger partial charge in [0.25, 0.3) is 0 Å². The topological polar surface area (TPSA) is 29.9 Å². The molecule has 0 saturated heterocycles. The van der Waals surface area contributed by atoms with Gasteiger partial charge in [-0.05, 0) is 31.3 Å². The Bertz CT molecular complexity index is 582. The van der Waals surface area contributed by atoms with Crippen LogP contribution in [0.2, 0.25) is 0 Å². The molecule has 1 heterocycles. The Hall–Kier alpha value is -1.39. The molecule has 0 aliphatic rings. The van der Waals surface area contributed by atoms with Crippen LogP contribution in [-0.2, 0) is 11.3 Å².